The number of likely N-dealkylation sites (N-methyl/N-ethyl adjacent to an activating group) is 1. The maximum atomic E-state index is 13.1. The van der Waals surface area contributed by atoms with E-state index in [4.69, 9.17) is 9.73 Å². The third-order valence-corrected chi connectivity index (χ3v) is 7.09. The van der Waals surface area contributed by atoms with Gasteiger partial charge in [-0.15, -0.1) is 0 Å². The molecule has 8 nitrogen and oxygen atoms in total. The zero-order valence-electron chi connectivity index (χ0n) is 21.6. The van der Waals surface area contributed by atoms with Gasteiger partial charge in [0.1, 0.15) is 0 Å². The van der Waals surface area contributed by atoms with Crippen molar-refractivity contribution in [3.63, 3.8) is 0 Å². The number of aromatic nitrogens is 1. The van der Waals surface area contributed by atoms with Gasteiger partial charge in [0.15, 0.2) is 5.88 Å². The Labute approximate surface area is 221 Å². The summed E-state index contributed by atoms with van der Waals surface area (Å²) in [5.74, 6) is -0.500. The summed E-state index contributed by atoms with van der Waals surface area (Å²) in [5, 5.41) is 11.6. The zero-order chi connectivity index (χ0) is 26.8. The number of ether oxygens (including phenoxy) is 1. The fourth-order valence-electron chi connectivity index (χ4n) is 4.75. The first-order chi connectivity index (χ1) is 18.4. The van der Waals surface area contributed by atoms with E-state index in [9.17, 15) is 14.7 Å². The Bertz CT molecular complexity index is 1510. The van der Waals surface area contributed by atoms with Gasteiger partial charge in [0.2, 0.25) is 0 Å². The summed E-state index contributed by atoms with van der Waals surface area (Å²) in [6.45, 7) is 4.38. The number of carbonyl (C=O) groups is 2. The number of aliphatic imine (C=N–C) groups is 1. The second kappa shape index (κ2) is 10.5. The molecule has 1 amide bonds. The summed E-state index contributed by atoms with van der Waals surface area (Å²) in [5.41, 5.74) is 4.13. The summed E-state index contributed by atoms with van der Waals surface area (Å²) in [6.07, 6.45) is 0. The fourth-order valence-corrected chi connectivity index (χ4v) is 4.75. The van der Waals surface area contributed by atoms with Crippen LogP contribution in [0.15, 0.2) is 77.8 Å². The average Bonchev–Trinajstić information content (AvgIpc) is 3.27. The predicted molar refractivity (Wildman–Crippen MR) is 147 cm³/mol. The Kier molecular flexibility index (Phi) is 6.98. The van der Waals surface area contributed by atoms with Crippen LogP contribution < -0.4 is 0 Å². The molecule has 0 bridgehead atoms. The SMILES string of the molecule is COC(=O)c1ccc2c(C(=Nc3ccc(C(=O)N4CCN(C)[C@H](C)C4)cc3)c3ccccc3)c(O)[nH]c2c1. The van der Waals surface area contributed by atoms with E-state index in [-0.39, 0.29) is 11.8 Å². The standard InChI is InChI=1S/C30H30N4O4/c1-19-18-34(16-15-33(19)2)29(36)21-9-12-23(13-10-21)31-27(20-7-5-4-6-8-20)26-24-14-11-22(30(37)38-3)17-25(24)32-28(26)35/h4-14,17,19,32,35H,15-16,18H2,1-3H3/t19-/m1/s1. The molecular formula is C30H30N4O4. The molecule has 38 heavy (non-hydrogen) atoms. The van der Waals surface area contributed by atoms with Crippen LogP contribution in [0.5, 0.6) is 5.88 Å². The van der Waals surface area contributed by atoms with Crippen molar-refractivity contribution < 1.29 is 19.4 Å². The number of H-pyrrole nitrogens is 1. The molecule has 0 radical (unpaired) electrons. The first-order valence-corrected chi connectivity index (χ1v) is 12.5. The van der Waals surface area contributed by atoms with E-state index in [0.29, 0.717) is 58.1 Å². The summed E-state index contributed by atoms with van der Waals surface area (Å²) in [6, 6.07) is 22.2. The van der Waals surface area contributed by atoms with E-state index < -0.39 is 5.97 Å². The minimum atomic E-state index is -0.458. The number of amides is 1. The lowest BCUT2D eigenvalue weighted by atomic mass is 10.00. The van der Waals surface area contributed by atoms with Gasteiger partial charge in [-0.05, 0) is 50.4 Å². The van der Waals surface area contributed by atoms with Crippen LogP contribution in [-0.2, 0) is 4.74 Å². The average molecular weight is 511 g/mol. The molecule has 1 fully saturated rings. The second-order valence-electron chi connectivity index (χ2n) is 9.55. The maximum Gasteiger partial charge on any atom is 0.337 e. The molecule has 194 valence electrons. The van der Waals surface area contributed by atoms with Crippen molar-refractivity contribution in [3.8, 4) is 5.88 Å². The number of nitrogens with one attached hydrogen (secondary N) is 1. The Hall–Kier alpha value is -4.43. The van der Waals surface area contributed by atoms with E-state index in [1.54, 1.807) is 30.3 Å². The molecule has 1 aromatic heterocycles. The highest BCUT2D eigenvalue weighted by molar-refractivity contribution is 6.22. The zero-order valence-corrected chi connectivity index (χ0v) is 21.6. The van der Waals surface area contributed by atoms with Gasteiger partial charge in [0.25, 0.3) is 5.91 Å². The monoisotopic (exact) mass is 510 g/mol. The molecule has 0 spiro atoms. The minimum absolute atomic E-state index is 0.0134. The van der Waals surface area contributed by atoms with Crippen molar-refractivity contribution in [1.82, 2.24) is 14.8 Å². The van der Waals surface area contributed by atoms with Crippen LogP contribution >= 0.6 is 0 Å². The smallest absolute Gasteiger partial charge is 0.337 e. The van der Waals surface area contributed by atoms with Crippen LogP contribution in [-0.4, -0.2) is 77.3 Å². The molecule has 1 saturated heterocycles. The normalized spacial score (nSPS) is 16.6. The predicted octanol–water partition coefficient (Wildman–Crippen LogP) is 4.61. The number of carbonyl (C=O) groups excluding carboxylic acids is 2. The minimum Gasteiger partial charge on any atom is -0.494 e. The summed E-state index contributed by atoms with van der Waals surface area (Å²) < 4.78 is 4.82. The van der Waals surface area contributed by atoms with Crippen LogP contribution in [0.3, 0.4) is 0 Å². The molecule has 1 atom stereocenters. The molecule has 1 aliphatic rings. The highest BCUT2D eigenvalue weighted by Gasteiger charge is 2.25. The van der Waals surface area contributed by atoms with Gasteiger partial charge in [-0.3, -0.25) is 4.79 Å². The first kappa shape index (κ1) is 25.2. The lowest BCUT2D eigenvalue weighted by molar-refractivity contribution is 0.0571. The number of piperazine rings is 1. The molecule has 1 aliphatic heterocycles. The summed E-state index contributed by atoms with van der Waals surface area (Å²) in [7, 11) is 3.40. The number of methoxy groups -OCH3 is 1. The van der Waals surface area contributed by atoms with Gasteiger partial charge < -0.3 is 24.6 Å². The van der Waals surface area contributed by atoms with E-state index >= 15 is 0 Å². The molecule has 0 unspecified atom stereocenters. The number of rotatable bonds is 5. The summed E-state index contributed by atoms with van der Waals surface area (Å²) >= 11 is 0. The number of nitrogens with zero attached hydrogens (tertiary/aromatic N) is 3. The largest absolute Gasteiger partial charge is 0.494 e. The van der Waals surface area contributed by atoms with Crippen molar-refractivity contribution in [3.05, 3.63) is 95.1 Å². The number of esters is 1. The van der Waals surface area contributed by atoms with Gasteiger partial charge >= 0.3 is 5.97 Å². The Morgan fingerprint density at radius 1 is 0.974 bits per heavy atom. The highest BCUT2D eigenvalue weighted by Crippen LogP contribution is 2.32. The third-order valence-electron chi connectivity index (χ3n) is 7.09. The van der Waals surface area contributed by atoms with Gasteiger partial charge in [-0.2, -0.15) is 0 Å². The van der Waals surface area contributed by atoms with Gasteiger partial charge in [-0.25, -0.2) is 9.79 Å². The molecule has 5 rings (SSSR count). The highest BCUT2D eigenvalue weighted by atomic mass is 16.5. The molecule has 4 aromatic rings. The van der Waals surface area contributed by atoms with Crippen LogP contribution in [0.2, 0.25) is 0 Å². The molecule has 0 saturated carbocycles. The third kappa shape index (κ3) is 4.90. The Balaban J connectivity index is 1.52. The van der Waals surface area contributed by atoms with E-state index in [2.05, 4.69) is 23.9 Å². The van der Waals surface area contributed by atoms with Crippen LogP contribution in [0.25, 0.3) is 10.9 Å². The number of hydrogen-bond acceptors (Lipinski definition) is 6. The van der Waals surface area contributed by atoms with E-state index in [0.717, 1.165) is 12.1 Å². The fraction of sp³-hybridized carbons (Fsp3) is 0.233. The Morgan fingerprint density at radius 3 is 2.37 bits per heavy atom. The van der Waals surface area contributed by atoms with Gasteiger partial charge in [0, 0.05) is 47.7 Å². The Morgan fingerprint density at radius 2 is 1.68 bits per heavy atom. The number of benzene rings is 3. The number of aromatic hydroxyl groups is 1. The van der Waals surface area contributed by atoms with Gasteiger partial charge in [0.05, 0.1) is 29.6 Å². The molecule has 0 aliphatic carbocycles. The van der Waals surface area contributed by atoms with Crippen molar-refractivity contribution in [2.24, 2.45) is 4.99 Å². The van der Waals surface area contributed by atoms with Gasteiger partial charge in [-0.1, -0.05) is 36.4 Å². The first-order valence-electron chi connectivity index (χ1n) is 12.5. The number of aromatic amines is 1. The van der Waals surface area contributed by atoms with Crippen LogP contribution in [0, 0.1) is 0 Å². The molecule has 3 aromatic carbocycles. The molecule has 2 N–H and O–H groups in total. The molecule has 2 heterocycles. The lowest BCUT2D eigenvalue weighted by Gasteiger charge is -2.37. The number of hydrogen-bond donors (Lipinski definition) is 2. The van der Waals surface area contributed by atoms with E-state index in [1.165, 1.54) is 7.11 Å². The second-order valence-corrected chi connectivity index (χ2v) is 9.55. The molecular weight excluding hydrogens is 480 g/mol. The summed E-state index contributed by atoms with van der Waals surface area (Å²) in [4.78, 5) is 37.1. The van der Waals surface area contributed by atoms with Crippen LogP contribution in [0.1, 0.15) is 38.8 Å². The lowest BCUT2D eigenvalue weighted by Crippen LogP contribution is -2.51. The van der Waals surface area contributed by atoms with Crippen molar-refractivity contribution in [2.45, 2.75) is 13.0 Å². The van der Waals surface area contributed by atoms with Crippen molar-refractivity contribution in [1.29, 1.82) is 0 Å². The van der Waals surface area contributed by atoms with E-state index in [1.807, 2.05) is 47.4 Å². The van der Waals surface area contributed by atoms with Crippen molar-refractivity contribution >= 4 is 34.2 Å². The topological polar surface area (TPSA) is 98.2 Å². The quantitative estimate of drug-likeness (QED) is 0.302. The maximum absolute atomic E-state index is 13.1. The molecule has 8 heteroatoms. The number of fused-ring (bicyclic) bond motifs is 1. The van der Waals surface area contributed by atoms with Crippen molar-refractivity contribution in [2.75, 3.05) is 33.8 Å². The van der Waals surface area contributed by atoms with Crippen LogP contribution in [0.4, 0.5) is 5.69 Å².